The van der Waals surface area contributed by atoms with Gasteiger partial charge in [-0.3, -0.25) is 14.4 Å². The van der Waals surface area contributed by atoms with Gasteiger partial charge in [-0.1, -0.05) is 6.92 Å². The molecular formula is C13H14N2O7. The Morgan fingerprint density at radius 3 is 2.82 bits per heavy atom. The van der Waals surface area contributed by atoms with E-state index in [1.165, 1.54) is 12.3 Å². The van der Waals surface area contributed by atoms with Gasteiger partial charge < -0.3 is 24.8 Å². The number of nitrogens with zero attached hydrogens (tertiary/aromatic N) is 1. The summed E-state index contributed by atoms with van der Waals surface area (Å²) in [5.41, 5.74) is -1.47. The number of carbonyl (C=O) groups is 2. The van der Waals surface area contributed by atoms with Crippen molar-refractivity contribution in [2.45, 2.75) is 13.3 Å². The van der Waals surface area contributed by atoms with Gasteiger partial charge in [-0.2, -0.15) is 0 Å². The molecule has 0 aliphatic carbocycles. The molecule has 2 rings (SSSR count). The molecule has 9 heteroatoms. The van der Waals surface area contributed by atoms with Crippen molar-refractivity contribution in [3.63, 3.8) is 0 Å². The van der Waals surface area contributed by atoms with Crippen LogP contribution in [0.4, 0.5) is 0 Å². The molecule has 0 aliphatic rings. The molecule has 0 saturated carbocycles. The second kappa shape index (κ2) is 6.20. The lowest BCUT2D eigenvalue weighted by Crippen LogP contribution is -2.37. The number of pyridine rings is 1. The largest absolute Gasteiger partial charge is 0.503 e. The minimum atomic E-state index is -1.28. The zero-order valence-electron chi connectivity index (χ0n) is 11.7. The van der Waals surface area contributed by atoms with Crippen molar-refractivity contribution in [1.82, 2.24) is 10.0 Å². The lowest BCUT2D eigenvalue weighted by Gasteiger charge is -2.11. The van der Waals surface area contributed by atoms with E-state index >= 15 is 0 Å². The number of aromatic hydroxyl groups is 1. The van der Waals surface area contributed by atoms with Gasteiger partial charge in [-0.05, 0) is 6.42 Å². The van der Waals surface area contributed by atoms with E-state index in [1.54, 1.807) is 0 Å². The molecule has 2 heterocycles. The van der Waals surface area contributed by atoms with Crippen molar-refractivity contribution in [1.29, 1.82) is 0 Å². The number of furan rings is 1. The highest BCUT2D eigenvalue weighted by Crippen LogP contribution is 2.26. The highest BCUT2D eigenvalue weighted by Gasteiger charge is 2.25. The molecule has 0 bridgehead atoms. The Morgan fingerprint density at radius 1 is 1.45 bits per heavy atom. The summed E-state index contributed by atoms with van der Waals surface area (Å²) in [4.78, 5) is 40.0. The fraction of sp³-hybridized carbons (Fsp3) is 0.308. The number of aromatic nitrogens is 1. The van der Waals surface area contributed by atoms with Crippen LogP contribution in [0, 0.1) is 0 Å². The number of nitrogens with one attached hydrogen (secondary N) is 1. The van der Waals surface area contributed by atoms with E-state index in [0.29, 0.717) is 6.42 Å². The first-order chi connectivity index (χ1) is 10.5. The van der Waals surface area contributed by atoms with Gasteiger partial charge in [-0.25, -0.2) is 0 Å². The van der Waals surface area contributed by atoms with Crippen LogP contribution in [0.3, 0.4) is 0 Å². The summed E-state index contributed by atoms with van der Waals surface area (Å²) in [5, 5.41) is 20.6. The monoisotopic (exact) mass is 310 g/mol. The number of fused-ring (bicyclic) bond motifs is 1. The van der Waals surface area contributed by atoms with Crippen LogP contribution < -0.4 is 15.7 Å². The molecule has 0 fully saturated rings. The maximum absolute atomic E-state index is 12.3. The molecule has 1 amide bonds. The van der Waals surface area contributed by atoms with Crippen LogP contribution >= 0.6 is 0 Å². The summed E-state index contributed by atoms with van der Waals surface area (Å²) in [6.45, 7) is 1.35. The number of carbonyl (C=O) groups excluding carboxylic acids is 1. The van der Waals surface area contributed by atoms with Crippen molar-refractivity contribution >= 4 is 23.0 Å². The second-order valence-corrected chi connectivity index (χ2v) is 4.37. The lowest BCUT2D eigenvalue weighted by molar-refractivity contribution is -0.135. The Kier molecular flexibility index (Phi) is 4.35. The number of hydrogen-bond acceptors (Lipinski definition) is 6. The Labute approximate surface area is 123 Å². The van der Waals surface area contributed by atoms with Crippen LogP contribution in [0.25, 0.3) is 11.1 Å². The van der Waals surface area contributed by atoms with Crippen LogP contribution in [0.15, 0.2) is 21.5 Å². The highest BCUT2D eigenvalue weighted by atomic mass is 16.7. The first kappa shape index (κ1) is 15.4. The Bertz CT molecular complexity index is 775. The maximum atomic E-state index is 12.3. The maximum Gasteiger partial charge on any atom is 0.322 e. The minimum absolute atomic E-state index is 0.101. The van der Waals surface area contributed by atoms with Crippen LogP contribution in [0.1, 0.15) is 23.7 Å². The molecule has 0 unspecified atom stereocenters. The quantitative estimate of drug-likeness (QED) is 0.681. The van der Waals surface area contributed by atoms with E-state index in [1.807, 2.05) is 12.2 Å². The summed E-state index contributed by atoms with van der Waals surface area (Å²) in [5.74, 6) is -2.98. The average Bonchev–Trinajstić information content (AvgIpc) is 2.94. The minimum Gasteiger partial charge on any atom is -0.503 e. The lowest BCUT2D eigenvalue weighted by atomic mass is 10.2. The standard InChI is InChI=1S/C13H14N2O7/c1-2-4-22-15-7-3-5-21-11(7)10(18)9(13(15)20)12(19)14-6-8(16)17/h3,5,18H,2,4,6H2,1H3,(H,14,19)(H,16,17). The highest BCUT2D eigenvalue weighted by molar-refractivity contribution is 6.01. The van der Waals surface area contributed by atoms with Gasteiger partial charge in [-0.15, -0.1) is 4.73 Å². The number of carboxylic acids is 1. The summed E-state index contributed by atoms with van der Waals surface area (Å²) in [6.07, 6.45) is 1.85. The SMILES string of the molecule is CCCOn1c(=O)c(C(=O)NCC(=O)O)c(O)c2occc21. The summed E-state index contributed by atoms with van der Waals surface area (Å²) in [6, 6.07) is 1.41. The molecule has 22 heavy (non-hydrogen) atoms. The van der Waals surface area contributed by atoms with Crippen LogP contribution in [-0.4, -0.2) is 40.0 Å². The zero-order valence-corrected chi connectivity index (χ0v) is 11.7. The van der Waals surface area contributed by atoms with Gasteiger partial charge in [0.2, 0.25) is 0 Å². The molecule has 2 aromatic rings. The normalized spacial score (nSPS) is 10.6. The number of amides is 1. The van der Waals surface area contributed by atoms with Crippen LogP contribution in [0.2, 0.25) is 0 Å². The Morgan fingerprint density at radius 2 is 2.18 bits per heavy atom. The molecule has 0 radical (unpaired) electrons. The van der Waals surface area contributed by atoms with Crippen molar-refractivity contribution in [2.75, 3.05) is 13.2 Å². The van der Waals surface area contributed by atoms with Crippen molar-refractivity contribution in [3.8, 4) is 5.75 Å². The van der Waals surface area contributed by atoms with E-state index in [9.17, 15) is 19.5 Å². The summed E-state index contributed by atoms with van der Waals surface area (Å²) < 4.78 is 5.90. The molecule has 0 saturated heterocycles. The van der Waals surface area contributed by atoms with Gasteiger partial charge in [0.1, 0.15) is 18.7 Å². The predicted molar refractivity (Wildman–Crippen MR) is 73.8 cm³/mol. The van der Waals surface area contributed by atoms with E-state index in [2.05, 4.69) is 0 Å². The molecule has 0 spiro atoms. The molecule has 0 atom stereocenters. The van der Waals surface area contributed by atoms with Crippen molar-refractivity contribution in [2.24, 2.45) is 0 Å². The van der Waals surface area contributed by atoms with Crippen molar-refractivity contribution < 1.29 is 29.1 Å². The molecule has 0 aliphatic heterocycles. The van der Waals surface area contributed by atoms with Gasteiger partial charge >= 0.3 is 11.5 Å². The predicted octanol–water partition coefficient (Wildman–Crippen LogP) is -0.0469. The first-order valence-electron chi connectivity index (χ1n) is 6.45. The van der Waals surface area contributed by atoms with Crippen molar-refractivity contribution in [3.05, 3.63) is 28.2 Å². The van der Waals surface area contributed by atoms with E-state index in [4.69, 9.17) is 14.4 Å². The molecule has 2 aromatic heterocycles. The number of rotatable bonds is 6. The fourth-order valence-corrected chi connectivity index (χ4v) is 1.83. The molecule has 9 nitrogen and oxygen atoms in total. The van der Waals surface area contributed by atoms with Crippen LogP contribution in [0.5, 0.6) is 5.75 Å². The Hall–Kier alpha value is -2.97. The average molecular weight is 310 g/mol. The van der Waals surface area contributed by atoms with E-state index < -0.39 is 35.3 Å². The Balaban J connectivity index is 2.55. The molecular weight excluding hydrogens is 296 g/mol. The topological polar surface area (TPSA) is 131 Å². The second-order valence-electron chi connectivity index (χ2n) is 4.37. The third kappa shape index (κ3) is 2.73. The number of carboxylic acid groups (broad SMARTS) is 1. The summed E-state index contributed by atoms with van der Waals surface area (Å²) in [7, 11) is 0. The smallest absolute Gasteiger partial charge is 0.322 e. The molecule has 118 valence electrons. The fourth-order valence-electron chi connectivity index (χ4n) is 1.83. The summed E-state index contributed by atoms with van der Waals surface area (Å²) >= 11 is 0. The van der Waals surface area contributed by atoms with E-state index in [-0.39, 0.29) is 17.7 Å². The van der Waals surface area contributed by atoms with Gasteiger partial charge in [0.15, 0.2) is 16.9 Å². The molecule has 0 aromatic carbocycles. The third-order valence-electron chi connectivity index (χ3n) is 2.77. The van der Waals surface area contributed by atoms with E-state index in [0.717, 1.165) is 4.73 Å². The van der Waals surface area contributed by atoms with Gasteiger partial charge in [0.05, 0.1) is 6.26 Å². The molecule has 3 N–H and O–H groups in total. The van der Waals surface area contributed by atoms with Gasteiger partial charge in [0.25, 0.3) is 5.91 Å². The van der Waals surface area contributed by atoms with Gasteiger partial charge in [0, 0.05) is 6.07 Å². The van der Waals surface area contributed by atoms with Crippen LogP contribution in [-0.2, 0) is 4.79 Å². The third-order valence-corrected chi connectivity index (χ3v) is 2.77. The number of aliphatic carboxylic acids is 1. The number of hydrogen-bond donors (Lipinski definition) is 3. The first-order valence-corrected chi connectivity index (χ1v) is 6.45. The zero-order chi connectivity index (χ0) is 16.3.